The van der Waals surface area contributed by atoms with Gasteiger partial charge in [-0.15, -0.1) is 0 Å². The van der Waals surface area contributed by atoms with Crippen LogP contribution in [0.3, 0.4) is 0 Å². The molecule has 4 heteroatoms. The summed E-state index contributed by atoms with van der Waals surface area (Å²) in [6.45, 7) is 1.88. The molecule has 0 aliphatic heterocycles. The van der Waals surface area contributed by atoms with Crippen LogP contribution in [0.4, 0.5) is 0 Å². The first kappa shape index (κ1) is 7.87. The van der Waals surface area contributed by atoms with E-state index in [1.54, 1.807) is 13.3 Å². The number of halogens is 1. The summed E-state index contributed by atoms with van der Waals surface area (Å²) in [5.74, 6) is 0. The molecule has 0 saturated heterocycles. The maximum absolute atomic E-state index is 3.82. The quantitative estimate of drug-likeness (QED) is 0.425. The third kappa shape index (κ3) is 4.04. The van der Waals surface area contributed by atoms with E-state index in [0.29, 0.717) is 0 Å². The fraction of sp³-hybridized carbons (Fsp3) is 0.500. The van der Waals surface area contributed by atoms with Crippen molar-refractivity contribution in [3.05, 3.63) is 0 Å². The smallest absolute Gasteiger partial charge is 0.0834 e. The largest absolute Gasteiger partial charge is 0.313 e. The number of hydrazone groups is 1. The molecule has 0 aliphatic carbocycles. The summed E-state index contributed by atoms with van der Waals surface area (Å²) in [5.41, 5.74) is 3.52. The van der Waals surface area contributed by atoms with Crippen LogP contribution < -0.4 is 5.43 Å². The fourth-order valence-electron chi connectivity index (χ4n) is 0.180. The zero-order valence-electron chi connectivity index (χ0n) is 4.85. The van der Waals surface area contributed by atoms with E-state index in [1.165, 1.54) is 0 Å². The lowest BCUT2D eigenvalue weighted by molar-refractivity contribution is 0.910. The zero-order chi connectivity index (χ0) is 6.41. The van der Waals surface area contributed by atoms with Gasteiger partial charge < -0.3 is 5.43 Å². The second kappa shape index (κ2) is 5.02. The van der Waals surface area contributed by atoms with E-state index in [2.05, 4.69) is 13.7 Å². The van der Waals surface area contributed by atoms with Gasteiger partial charge in [-0.1, -0.05) is 0 Å². The van der Waals surface area contributed by atoms with Crippen LogP contribution in [0.25, 0.3) is 0 Å². The van der Waals surface area contributed by atoms with Crippen LogP contribution in [0, 0.1) is 0 Å². The SMILES string of the molecule is CNN=CC(C)=NI. The summed E-state index contributed by atoms with van der Waals surface area (Å²) in [4.78, 5) is 0. The molecular weight excluding hydrogens is 217 g/mol. The summed E-state index contributed by atoms with van der Waals surface area (Å²) in [7, 11) is 1.75. The second-order valence-electron chi connectivity index (χ2n) is 1.21. The van der Waals surface area contributed by atoms with E-state index in [4.69, 9.17) is 0 Å². The Kier molecular flexibility index (Phi) is 4.93. The average molecular weight is 225 g/mol. The first-order chi connectivity index (χ1) is 3.81. The van der Waals surface area contributed by atoms with E-state index in [1.807, 2.05) is 29.8 Å². The fourth-order valence-corrected chi connectivity index (χ4v) is 0.304. The molecule has 0 fully saturated rings. The van der Waals surface area contributed by atoms with Crippen molar-refractivity contribution in [2.45, 2.75) is 6.92 Å². The third-order valence-corrected chi connectivity index (χ3v) is 1.27. The second-order valence-corrected chi connectivity index (χ2v) is 1.69. The molecule has 0 aromatic heterocycles. The van der Waals surface area contributed by atoms with Crippen LogP contribution in [0.5, 0.6) is 0 Å². The number of nitrogens with one attached hydrogen (secondary N) is 1. The summed E-state index contributed by atoms with van der Waals surface area (Å²) < 4.78 is 3.82. The maximum atomic E-state index is 3.82. The predicted octanol–water partition coefficient (Wildman–Crippen LogP) is 1.00. The van der Waals surface area contributed by atoms with Gasteiger partial charge in [0, 0.05) is 7.05 Å². The van der Waals surface area contributed by atoms with Crippen LogP contribution in [0.1, 0.15) is 6.92 Å². The van der Waals surface area contributed by atoms with Gasteiger partial charge in [0.2, 0.25) is 0 Å². The Balaban J connectivity index is 3.53. The monoisotopic (exact) mass is 225 g/mol. The normalized spacial score (nSPS) is 12.6. The van der Waals surface area contributed by atoms with Crippen molar-refractivity contribution >= 4 is 34.8 Å². The number of hydrogen-bond acceptors (Lipinski definition) is 3. The Morgan fingerprint density at radius 3 is 2.75 bits per heavy atom. The highest BCUT2D eigenvalue weighted by molar-refractivity contribution is 14.1. The molecule has 8 heavy (non-hydrogen) atoms. The van der Waals surface area contributed by atoms with Crippen LogP contribution in [-0.2, 0) is 0 Å². The molecule has 0 radical (unpaired) electrons. The minimum Gasteiger partial charge on any atom is -0.313 e. The van der Waals surface area contributed by atoms with Gasteiger partial charge in [0.25, 0.3) is 0 Å². The van der Waals surface area contributed by atoms with Gasteiger partial charge in [-0.3, -0.25) is 0 Å². The standard InChI is InChI=1S/C4H8IN3/c1-4(8-5)3-7-6-2/h3,6H,1-2H3. The van der Waals surface area contributed by atoms with E-state index >= 15 is 0 Å². The van der Waals surface area contributed by atoms with Gasteiger partial charge in [-0.05, 0) is 6.92 Å². The van der Waals surface area contributed by atoms with E-state index < -0.39 is 0 Å². The summed E-state index contributed by atoms with van der Waals surface area (Å²) in [6.07, 6.45) is 1.66. The maximum Gasteiger partial charge on any atom is 0.0834 e. The summed E-state index contributed by atoms with van der Waals surface area (Å²) in [6, 6.07) is 0. The molecule has 1 N–H and O–H groups in total. The van der Waals surface area contributed by atoms with E-state index in [0.717, 1.165) is 5.71 Å². The Morgan fingerprint density at radius 2 is 2.38 bits per heavy atom. The van der Waals surface area contributed by atoms with Crippen molar-refractivity contribution in [2.24, 2.45) is 8.31 Å². The molecule has 0 saturated carbocycles. The van der Waals surface area contributed by atoms with Gasteiger partial charge in [-0.2, -0.15) is 5.10 Å². The Labute approximate surface area is 62.8 Å². The lowest BCUT2D eigenvalue weighted by atomic mass is 10.5. The van der Waals surface area contributed by atoms with Crippen molar-refractivity contribution < 1.29 is 0 Å². The molecule has 0 heterocycles. The number of hydrogen-bond donors (Lipinski definition) is 1. The molecular formula is C4H8IN3. The Bertz CT molecular complexity index is 108. The minimum atomic E-state index is 0.903. The van der Waals surface area contributed by atoms with Crippen molar-refractivity contribution in [1.29, 1.82) is 0 Å². The average Bonchev–Trinajstić information content (AvgIpc) is 1.83. The van der Waals surface area contributed by atoms with Gasteiger partial charge in [0.05, 0.1) is 34.8 Å². The van der Waals surface area contributed by atoms with Gasteiger partial charge in [0.1, 0.15) is 0 Å². The van der Waals surface area contributed by atoms with Gasteiger partial charge in [0.15, 0.2) is 0 Å². The highest BCUT2D eigenvalue weighted by atomic mass is 127. The van der Waals surface area contributed by atoms with E-state index in [9.17, 15) is 0 Å². The molecule has 3 nitrogen and oxygen atoms in total. The van der Waals surface area contributed by atoms with Crippen LogP contribution in [0.15, 0.2) is 8.31 Å². The molecule has 0 bridgehead atoms. The lowest BCUT2D eigenvalue weighted by Gasteiger charge is -1.84. The molecule has 0 aromatic rings. The highest BCUT2D eigenvalue weighted by Crippen LogP contribution is 1.82. The molecule has 0 unspecified atom stereocenters. The molecule has 0 atom stereocenters. The minimum absolute atomic E-state index is 0.903. The van der Waals surface area contributed by atoms with Crippen molar-refractivity contribution in [1.82, 2.24) is 5.43 Å². The third-order valence-electron chi connectivity index (χ3n) is 0.514. The Morgan fingerprint density at radius 1 is 1.75 bits per heavy atom. The Hall–Kier alpha value is -0.130. The highest BCUT2D eigenvalue weighted by Gasteiger charge is 1.76. The van der Waals surface area contributed by atoms with Crippen molar-refractivity contribution in [3.8, 4) is 0 Å². The van der Waals surface area contributed by atoms with Crippen LogP contribution >= 0.6 is 22.9 Å². The number of nitrogens with zero attached hydrogens (tertiary/aromatic N) is 2. The summed E-state index contributed by atoms with van der Waals surface area (Å²) in [5, 5.41) is 3.73. The molecule has 46 valence electrons. The molecule has 0 aliphatic rings. The first-order valence-electron chi connectivity index (χ1n) is 2.16. The van der Waals surface area contributed by atoms with E-state index in [-0.39, 0.29) is 0 Å². The number of rotatable bonds is 2. The first-order valence-corrected chi connectivity index (χ1v) is 3.13. The predicted molar refractivity (Wildman–Crippen MR) is 44.7 cm³/mol. The molecule has 0 amide bonds. The molecule has 0 aromatic carbocycles. The van der Waals surface area contributed by atoms with Crippen LogP contribution in [0.2, 0.25) is 0 Å². The molecule has 0 spiro atoms. The molecule has 0 rings (SSSR count). The van der Waals surface area contributed by atoms with Crippen LogP contribution in [-0.4, -0.2) is 19.0 Å². The topological polar surface area (TPSA) is 36.8 Å². The lowest BCUT2D eigenvalue weighted by Crippen LogP contribution is -1.98. The summed E-state index contributed by atoms with van der Waals surface area (Å²) >= 11 is 1.92. The van der Waals surface area contributed by atoms with Gasteiger partial charge in [-0.25, -0.2) is 3.21 Å². The van der Waals surface area contributed by atoms with Crippen molar-refractivity contribution in [3.63, 3.8) is 0 Å². The van der Waals surface area contributed by atoms with Crippen molar-refractivity contribution in [2.75, 3.05) is 7.05 Å². The van der Waals surface area contributed by atoms with Gasteiger partial charge >= 0.3 is 0 Å². The zero-order valence-corrected chi connectivity index (χ0v) is 7.01.